The van der Waals surface area contributed by atoms with Gasteiger partial charge in [-0.2, -0.15) is 0 Å². The summed E-state index contributed by atoms with van der Waals surface area (Å²) in [5.74, 6) is 1.01. The van der Waals surface area contributed by atoms with Gasteiger partial charge in [-0.15, -0.1) is 0 Å². The van der Waals surface area contributed by atoms with Crippen LogP contribution in [-0.4, -0.2) is 35.7 Å². The fourth-order valence-corrected chi connectivity index (χ4v) is 5.08. The Kier molecular flexibility index (Phi) is 4.29. The Morgan fingerprint density at radius 1 is 1.17 bits per heavy atom. The van der Waals surface area contributed by atoms with E-state index in [1.165, 1.54) is 36.9 Å². The zero-order valence-electron chi connectivity index (χ0n) is 14.3. The van der Waals surface area contributed by atoms with Crippen LogP contribution in [0.3, 0.4) is 0 Å². The van der Waals surface area contributed by atoms with Crippen LogP contribution >= 0.6 is 0 Å². The highest BCUT2D eigenvalue weighted by molar-refractivity contribution is 5.77. The smallest absolute Gasteiger partial charge is 0.0465 e. The van der Waals surface area contributed by atoms with Crippen molar-refractivity contribution in [2.24, 2.45) is 11.8 Å². The Labute approximate surface area is 140 Å². The van der Waals surface area contributed by atoms with Crippen LogP contribution in [0, 0.1) is 11.8 Å². The maximum atomic E-state index is 9.95. The first-order valence-electron chi connectivity index (χ1n) is 9.43. The maximum Gasteiger partial charge on any atom is 0.0465 e. The van der Waals surface area contributed by atoms with Gasteiger partial charge in [0.1, 0.15) is 0 Å². The average molecular weight is 311 g/mol. The van der Waals surface area contributed by atoms with Crippen molar-refractivity contribution in [3.63, 3.8) is 0 Å². The minimum atomic E-state index is 0.347. The van der Waals surface area contributed by atoms with E-state index in [-0.39, 0.29) is 0 Å². The molecule has 0 aromatic heterocycles. The molecule has 1 aromatic carbocycles. The molecule has 0 spiro atoms. The molecule has 0 bridgehead atoms. The number of likely N-dealkylation sites (tertiary alicyclic amines) is 1. The van der Waals surface area contributed by atoms with Crippen LogP contribution in [0.1, 0.15) is 50.2 Å². The molecule has 2 aliphatic carbocycles. The lowest BCUT2D eigenvalue weighted by Crippen LogP contribution is -2.43. The summed E-state index contributed by atoms with van der Waals surface area (Å²) < 4.78 is 0. The molecule has 3 atom stereocenters. The van der Waals surface area contributed by atoms with Crippen LogP contribution < -0.4 is 0 Å². The van der Waals surface area contributed by atoms with Gasteiger partial charge in [-0.3, -0.25) is 0 Å². The summed E-state index contributed by atoms with van der Waals surface area (Å²) in [5.41, 5.74) is 6.26. The molecule has 124 valence electrons. The summed E-state index contributed by atoms with van der Waals surface area (Å²) in [6, 6.07) is 9.65. The number of rotatable bonds is 3. The number of fused-ring (bicyclic) bond motifs is 2. The topological polar surface area (TPSA) is 23.5 Å². The van der Waals surface area contributed by atoms with E-state index in [1.807, 2.05) is 0 Å². The van der Waals surface area contributed by atoms with Gasteiger partial charge in [-0.05, 0) is 74.1 Å². The molecule has 1 N–H and O–H groups in total. The van der Waals surface area contributed by atoms with Gasteiger partial charge in [-0.25, -0.2) is 0 Å². The summed E-state index contributed by atoms with van der Waals surface area (Å²) in [6.07, 6.45) is 7.48. The largest absolute Gasteiger partial charge is 0.396 e. The van der Waals surface area contributed by atoms with E-state index in [0.29, 0.717) is 24.5 Å². The lowest BCUT2D eigenvalue weighted by atomic mass is 9.75. The van der Waals surface area contributed by atoms with E-state index in [9.17, 15) is 5.11 Å². The zero-order chi connectivity index (χ0) is 15.8. The quantitative estimate of drug-likeness (QED) is 0.915. The molecule has 1 aromatic rings. The van der Waals surface area contributed by atoms with Crippen LogP contribution in [0.2, 0.25) is 0 Å². The zero-order valence-corrected chi connectivity index (χ0v) is 14.3. The van der Waals surface area contributed by atoms with Crippen LogP contribution in [-0.2, 0) is 6.42 Å². The van der Waals surface area contributed by atoms with E-state index in [4.69, 9.17) is 0 Å². The van der Waals surface area contributed by atoms with E-state index in [1.54, 1.807) is 11.1 Å². The molecule has 1 heterocycles. The molecule has 0 radical (unpaired) electrons. The molecule has 1 saturated heterocycles. The van der Waals surface area contributed by atoms with Gasteiger partial charge in [0, 0.05) is 19.2 Å². The third-order valence-corrected chi connectivity index (χ3v) is 6.50. The van der Waals surface area contributed by atoms with Crippen molar-refractivity contribution in [1.82, 2.24) is 4.90 Å². The number of hydrogen-bond donors (Lipinski definition) is 1. The number of aliphatic hydroxyl groups excluding tert-OH is 1. The normalized spacial score (nSPS) is 31.1. The van der Waals surface area contributed by atoms with Crippen molar-refractivity contribution >= 4 is 5.57 Å². The first kappa shape index (κ1) is 15.4. The van der Waals surface area contributed by atoms with Crippen molar-refractivity contribution < 1.29 is 5.11 Å². The van der Waals surface area contributed by atoms with E-state index in [0.717, 1.165) is 25.8 Å². The maximum absolute atomic E-state index is 9.95. The minimum Gasteiger partial charge on any atom is -0.396 e. The van der Waals surface area contributed by atoms with Gasteiger partial charge in [-0.1, -0.05) is 36.3 Å². The van der Waals surface area contributed by atoms with Crippen molar-refractivity contribution in [1.29, 1.82) is 0 Å². The summed E-state index contributed by atoms with van der Waals surface area (Å²) >= 11 is 0. The van der Waals surface area contributed by atoms with Gasteiger partial charge in [0.25, 0.3) is 0 Å². The number of aliphatic hydroxyl groups is 1. The molecule has 3 aliphatic rings. The number of nitrogens with zero attached hydrogens (tertiary/aromatic N) is 1. The van der Waals surface area contributed by atoms with Crippen molar-refractivity contribution in [3.05, 3.63) is 41.0 Å². The van der Waals surface area contributed by atoms with Gasteiger partial charge >= 0.3 is 0 Å². The average Bonchev–Trinajstić information content (AvgIpc) is 2.96. The van der Waals surface area contributed by atoms with Crippen LogP contribution in [0.4, 0.5) is 0 Å². The predicted molar refractivity (Wildman–Crippen MR) is 95.3 cm³/mol. The monoisotopic (exact) mass is 311 g/mol. The molecule has 1 fully saturated rings. The molecule has 2 heteroatoms. The van der Waals surface area contributed by atoms with Crippen LogP contribution in [0.15, 0.2) is 29.8 Å². The highest BCUT2D eigenvalue weighted by atomic mass is 16.3. The van der Waals surface area contributed by atoms with Gasteiger partial charge in [0.15, 0.2) is 0 Å². The SMILES string of the molecule is CC1CCCCN1CC1C2=C(CCC1CO)c1ccccc1C2. The lowest BCUT2D eigenvalue weighted by molar-refractivity contribution is 0.100. The lowest BCUT2D eigenvalue weighted by Gasteiger charge is -2.40. The third-order valence-electron chi connectivity index (χ3n) is 6.50. The molecule has 2 nitrogen and oxygen atoms in total. The molecular formula is C21H29NO. The molecule has 0 amide bonds. The van der Waals surface area contributed by atoms with Crippen LogP contribution in [0.5, 0.6) is 0 Å². The second-order valence-electron chi connectivity index (χ2n) is 7.77. The number of piperidine rings is 1. The van der Waals surface area contributed by atoms with E-state index < -0.39 is 0 Å². The summed E-state index contributed by atoms with van der Waals surface area (Å²) in [6.45, 7) is 5.12. The summed E-state index contributed by atoms with van der Waals surface area (Å²) in [4.78, 5) is 2.69. The number of hydrogen-bond acceptors (Lipinski definition) is 2. The van der Waals surface area contributed by atoms with Crippen LogP contribution in [0.25, 0.3) is 5.57 Å². The first-order chi connectivity index (χ1) is 11.3. The third kappa shape index (κ3) is 2.77. The second kappa shape index (κ2) is 6.41. The van der Waals surface area contributed by atoms with E-state index in [2.05, 4.69) is 36.1 Å². The predicted octanol–water partition coefficient (Wildman–Crippen LogP) is 3.89. The fourth-order valence-electron chi connectivity index (χ4n) is 5.08. The van der Waals surface area contributed by atoms with Crippen molar-refractivity contribution in [2.75, 3.05) is 19.7 Å². The molecular weight excluding hydrogens is 282 g/mol. The minimum absolute atomic E-state index is 0.347. The Bertz CT molecular complexity index is 606. The molecule has 3 unspecified atom stereocenters. The molecule has 23 heavy (non-hydrogen) atoms. The Hall–Kier alpha value is -1.12. The second-order valence-corrected chi connectivity index (χ2v) is 7.77. The Morgan fingerprint density at radius 2 is 2.04 bits per heavy atom. The Morgan fingerprint density at radius 3 is 2.87 bits per heavy atom. The van der Waals surface area contributed by atoms with Gasteiger partial charge < -0.3 is 10.0 Å². The van der Waals surface area contributed by atoms with Gasteiger partial charge in [0.2, 0.25) is 0 Å². The van der Waals surface area contributed by atoms with Crippen molar-refractivity contribution in [3.8, 4) is 0 Å². The number of allylic oxidation sites excluding steroid dienone is 1. The standard InChI is InChI=1S/C21H29NO/c1-15-6-4-5-11-22(15)13-21-17(14-23)9-10-19-18-8-3-2-7-16(18)12-20(19)21/h2-3,7-8,15,17,21,23H,4-6,9-14H2,1H3. The number of benzene rings is 1. The summed E-state index contributed by atoms with van der Waals surface area (Å²) in [5, 5.41) is 9.95. The molecule has 0 saturated carbocycles. The Balaban J connectivity index is 1.62. The highest BCUT2D eigenvalue weighted by Gasteiger charge is 2.37. The summed E-state index contributed by atoms with van der Waals surface area (Å²) in [7, 11) is 0. The molecule has 4 rings (SSSR count). The molecule has 1 aliphatic heterocycles. The van der Waals surface area contributed by atoms with E-state index >= 15 is 0 Å². The highest BCUT2D eigenvalue weighted by Crippen LogP contribution is 2.46. The van der Waals surface area contributed by atoms with Gasteiger partial charge in [0.05, 0.1) is 0 Å². The van der Waals surface area contributed by atoms with Crippen molar-refractivity contribution in [2.45, 2.75) is 51.5 Å². The first-order valence-corrected chi connectivity index (χ1v) is 9.43. The fraction of sp³-hybridized carbons (Fsp3) is 0.619.